The first-order valence-corrected chi connectivity index (χ1v) is 4.61. The molecule has 0 saturated heterocycles. The Labute approximate surface area is 83.7 Å². The summed E-state index contributed by atoms with van der Waals surface area (Å²) in [6.07, 6.45) is 3.68. The zero-order chi connectivity index (χ0) is 10.4. The Hall–Kier alpha value is -1.36. The second kappa shape index (κ2) is 5.39. The van der Waals surface area contributed by atoms with Gasteiger partial charge in [-0.2, -0.15) is 0 Å². The highest BCUT2D eigenvalue weighted by atomic mass is 16.1. The molecule has 1 aliphatic heterocycles. The van der Waals surface area contributed by atoms with Gasteiger partial charge in [0.1, 0.15) is 0 Å². The zero-order valence-corrected chi connectivity index (χ0v) is 8.36. The van der Waals surface area contributed by atoms with E-state index in [1.54, 1.807) is 7.05 Å². The van der Waals surface area contributed by atoms with E-state index in [1.165, 1.54) is 5.57 Å². The topological polar surface area (TPSA) is 70.7 Å². The average molecular weight is 196 g/mol. The van der Waals surface area contributed by atoms with E-state index in [0.717, 1.165) is 19.5 Å². The van der Waals surface area contributed by atoms with E-state index in [9.17, 15) is 4.79 Å². The highest BCUT2D eigenvalue weighted by molar-refractivity contribution is 5.89. The number of nitrogens with one attached hydrogen (secondary N) is 1. The molecule has 0 atom stereocenters. The Kier molecular flexibility index (Phi) is 4.12. The number of amides is 1. The van der Waals surface area contributed by atoms with Gasteiger partial charge in [-0.15, -0.1) is 0 Å². The van der Waals surface area contributed by atoms with Crippen LogP contribution in [-0.4, -0.2) is 44.0 Å². The van der Waals surface area contributed by atoms with Crippen molar-refractivity contribution in [3.05, 3.63) is 11.6 Å². The Morgan fingerprint density at radius 1 is 1.86 bits per heavy atom. The largest absolute Gasteiger partial charge is 0.335 e. The van der Waals surface area contributed by atoms with E-state index >= 15 is 0 Å². The lowest BCUT2D eigenvalue weighted by atomic mass is 10.2. The predicted molar refractivity (Wildman–Crippen MR) is 55.9 cm³/mol. The molecule has 1 rings (SSSR count). The third-order valence-corrected chi connectivity index (χ3v) is 2.16. The average Bonchev–Trinajstić information content (AvgIpc) is 2.63. The van der Waals surface area contributed by atoms with Gasteiger partial charge < -0.3 is 10.6 Å². The number of rotatable bonds is 3. The minimum Gasteiger partial charge on any atom is -0.335 e. The van der Waals surface area contributed by atoms with E-state index in [1.807, 2.05) is 4.90 Å². The molecule has 0 spiro atoms. The Balaban J connectivity index is 2.47. The number of guanidine groups is 1. The third-order valence-electron chi connectivity index (χ3n) is 2.16. The molecular weight excluding hydrogens is 180 g/mol. The molecule has 14 heavy (non-hydrogen) atoms. The molecule has 0 saturated carbocycles. The van der Waals surface area contributed by atoms with Crippen LogP contribution in [0.2, 0.25) is 0 Å². The van der Waals surface area contributed by atoms with Crippen LogP contribution in [0.15, 0.2) is 16.6 Å². The number of hydrogen-bond donors (Lipinski definition) is 2. The number of nitrogens with zero attached hydrogens (tertiary/aromatic N) is 2. The van der Waals surface area contributed by atoms with Crippen molar-refractivity contribution in [1.82, 2.24) is 10.2 Å². The lowest BCUT2D eigenvalue weighted by Gasteiger charge is -2.19. The van der Waals surface area contributed by atoms with Gasteiger partial charge in [-0.05, 0) is 13.0 Å². The molecule has 78 valence electrons. The van der Waals surface area contributed by atoms with Crippen molar-refractivity contribution in [2.45, 2.75) is 6.42 Å². The normalized spacial score (nSPS) is 16.9. The fraction of sp³-hybridized carbons (Fsp3) is 0.556. The molecule has 0 aromatic carbocycles. The maximum Gasteiger partial charge on any atom is 0.213 e. The van der Waals surface area contributed by atoms with Crippen molar-refractivity contribution in [3.63, 3.8) is 0 Å². The summed E-state index contributed by atoms with van der Waals surface area (Å²) in [7, 11) is 1.66. The summed E-state index contributed by atoms with van der Waals surface area (Å²) in [5.41, 5.74) is 6.77. The van der Waals surface area contributed by atoms with Crippen LogP contribution in [0.3, 0.4) is 0 Å². The van der Waals surface area contributed by atoms with Crippen LogP contribution in [0, 0.1) is 0 Å². The number of aliphatic imine (C=N–C) groups is 1. The van der Waals surface area contributed by atoms with Crippen LogP contribution in [0.25, 0.3) is 0 Å². The second-order valence-corrected chi connectivity index (χ2v) is 3.09. The highest BCUT2D eigenvalue weighted by Gasteiger charge is 2.16. The fourth-order valence-electron chi connectivity index (χ4n) is 1.49. The molecule has 1 aliphatic rings. The molecule has 1 heterocycles. The monoisotopic (exact) mass is 196 g/mol. The molecular formula is C9H16N4O. The van der Waals surface area contributed by atoms with Crippen molar-refractivity contribution in [3.8, 4) is 0 Å². The van der Waals surface area contributed by atoms with E-state index in [4.69, 9.17) is 5.73 Å². The van der Waals surface area contributed by atoms with Gasteiger partial charge in [0.2, 0.25) is 12.4 Å². The SMILES string of the molecule is CN=C(NC=O)N1CC=C(CCN)C1. The molecule has 0 radical (unpaired) electrons. The summed E-state index contributed by atoms with van der Waals surface area (Å²) in [6, 6.07) is 0. The maximum atomic E-state index is 10.3. The smallest absolute Gasteiger partial charge is 0.213 e. The number of nitrogens with two attached hydrogens (primary N) is 1. The minimum atomic E-state index is 0.614. The molecule has 0 fully saturated rings. The summed E-state index contributed by atoms with van der Waals surface area (Å²) in [5.74, 6) is 0.614. The quantitative estimate of drug-likeness (QED) is 0.272. The van der Waals surface area contributed by atoms with Crippen molar-refractivity contribution in [2.24, 2.45) is 10.7 Å². The predicted octanol–water partition coefficient (Wildman–Crippen LogP) is -0.691. The summed E-state index contributed by atoms with van der Waals surface area (Å²) >= 11 is 0. The maximum absolute atomic E-state index is 10.3. The van der Waals surface area contributed by atoms with Crippen LogP contribution >= 0.6 is 0 Å². The van der Waals surface area contributed by atoms with Crippen molar-refractivity contribution in [1.29, 1.82) is 0 Å². The summed E-state index contributed by atoms with van der Waals surface area (Å²) in [5, 5.41) is 2.57. The third kappa shape index (κ3) is 2.56. The summed E-state index contributed by atoms with van der Waals surface area (Å²) < 4.78 is 0. The number of carbonyl (C=O) groups excluding carboxylic acids is 1. The standard InChI is InChI=1S/C9H16N4O/c1-11-9(12-7-14)13-5-3-8(6-13)2-4-10/h3,7H,2,4-6,10H2,1H3,(H,11,12,14). The van der Waals surface area contributed by atoms with Crippen LogP contribution in [0.4, 0.5) is 0 Å². The number of hydrogen-bond acceptors (Lipinski definition) is 3. The van der Waals surface area contributed by atoms with E-state index < -0.39 is 0 Å². The molecule has 1 amide bonds. The number of carbonyl (C=O) groups is 1. The summed E-state index contributed by atoms with van der Waals surface area (Å²) in [6.45, 7) is 2.27. The summed E-state index contributed by atoms with van der Waals surface area (Å²) in [4.78, 5) is 16.3. The second-order valence-electron chi connectivity index (χ2n) is 3.09. The molecule has 5 heteroatoms. The van der Waals surface area contributed by atoms with Crippen molar-refractivity contribution >= 4 is 12.4 Å². The van der Waals surface area contributed by atoms with Gasteiger partial charge in [-0.25, -0.2) is 0 Å². The van der Waals surface area contributed by atoms with Crippen LogP contribution in [0.5, 0.6) is 0 Å². The van der Waals surface area contributed by atoms with E-state index in [-0.39, 0.29) is 0 Å². The van der Waals surface area contributed by atoms with E-state index in [0.29, 0.717) is 18.9 Å². The van der Waals surface area contributed by atoms with Crippen LogP contribution < -0.4 is 11.1 Å². The molecule has 0 bridgehead atoms. The molecule has 5 nitrogen and oxygen atoms in total. The Morgan fingerprint density at radius 2 is 2.64 bits per heavy atom. The van der Waals surface area contributed by atoms with Crippen LogP contribution in [0.1, 0.15) is 6.42 Å². The van der Waals surface area contributed by atoms with Gasteiger partial charge in [0.25, 0.3) is 0 Å². The highest BCUT2D eigenvalue weighted by Crippen LogP contribution is 2.11. The van der Waals surface area contributed by atoms with Gasteiger partial charge in [0, 0.05) is 20.1 Å². The van der Waals surface area contributed by atoms with Crippen molar-refractivity contribution in [2.75, 3.05) is 26.7 Å². The van der Waals surface area contributed by atoms with Crippen molar-refractivity contribution < 1.29 is 4.79 Å². The van der Waals surface area contributed by atoms with Gasteiger partial charge in [0.15, 0.2) is 0 Å². The van der Waals surface area contributed by atoms with Gasteiger partial charge >= 0.3 is 0 Å². The molecule has 0 unspecified atom stereocenters. The Morgan fingerprint density at radius 3 is 3.21 bits per heavy atom. The van der Waals surface area contributed by atoms with Gasteiger partial charge in [0.05, 0.1) is 0 Å². The molecule has 0 aliphatic carbocycles. The van der Waals surface area contributed by atoms with E-state index in [2.05, 4.69) is 16.4 Å². The fourth-order valence-corrected chi connectivity index (χ4v) is 1.49. The molecule has 0 aromatic heterocycles. The first-order chi connectivity index (χ1) is 6.81. The Bertz CT molecular complexity index is 260. The lowest BCUT2D eigenvalue weighted by Crippen LogP contribution is -2.39. The van der Waals surface area contributed by atoms with Gasteiger partial charge in [-0.3, -0.25) is 15.1 Å². The molecule has 3 N–H and O–H groups in total. The first-order valence-electron chi connectivity index (χ1n) is 4.61. The lowest BCUT2D eigenvalue weighted by molar-refractivity contribution is -0.108. The van der Waals surface area contributed by atoms with Crippen LogP contribution in [-0.2, 0) is 4.79 Å². The van der Waals surface area contributed by atoms with Gasteiger partial charge in [-0.1, -0.05) is 11.6 Å². The first kappa shape index (κ1) is 10.7. The minimum absolute atomic E-state index is 0.614. The molecule has 0 aromatic rings. The zero-order valence-electron chi connectivity index (χ0n) is 8.36.